The highest BCUT2D eigenvalue weighted by molar-refractivity contribution is 5.99. The van der Waals surface area contributed by atoms with Crippen LogP contribution in [0.15, 0.2) is 72.9 Å². The molecule has 0 bridgehead atoms. The number of nitrogens with one attached hydrogen (secondary N) is 2. The van der Waals surface area contributed by atoms with Crippen molar-refractivity contribution in [2.75, 3.05) is 14.2 Å². The fraction of sp³-hybridized carbons (Fsp3) is 0.259. The first-order valence-corrected chi connectivity index (χ1v) is 11.3. The molecule has 1 aromatic heterocycles. The lowest BCUT2D eigenvalue weighted by Crippen LogP contribution is -2.47. The van der Waals surface area contributed by atoms with Crippen LogP contribution in [-0.4, -0.2) is 43.0 Å². The van der Waals surface area contributed by atoms with Gasteiger partial charge >= 0.3 is 5.97 Å². The average Bonchev–Trinajstić information content (AvgIpc) is 2.89. The Morgan fingerprint density at radius 3 is 2.06 bits per heavy atom. The van der Waals surface area contributed by atoms with Crippen LogP contribution in [0.5, 0.6) is 5.75 Å². The van der Waals surface area contributed by atoms with Gasteiger partial charge in [-0.05, 0) is 24.0 Å². The lowest BCUT2D eigenvalue weighted by atomic mass is 9.80. The molecule has 2 amide bonds. The van der Waals surface area contributed by atoms with Crippen LogP contribution < -0.4 is 15.4 Å². The van der Waals surface area contributed by atoms with Gasteiger partial charge in [-0.2, -0.15) is 0 Å². The number of carbonyl (C=O) groups is 3. The zero-order valence-electron chi connectivity index (χ0n) is 19.6. The van der Waals surface area contributed by atoms with Crippen LogP contribution >= 0.6 is 0 Å². The zero-order valence-corrected chi connectivity index (χ0v) is 19.6. The van der Waals surface area contributed by atoms with Gasteiger partial charge in [0.25, 0.3) is 11.8 Å². The second-order valence-electron chi connectivity index (χ2n) is 8.36. The molecule has 0 atom stereocenters. The average molecular weight is 474 g/mol. The minimum atomic E-state index is -0.393. The molecular formula is C27H27N3O5. The van der Waals surface area contributed by atoms with E-state index in [0.29, 0.717) is 12.8 Å². The molecule has 8 nitrogen and oxygen atoms in total. The number of hydrogen-bond donors (Lipinski definition) is 2. The summed E-state index contributed by atoms with van der Waals surface area (Å²) in [5.41, 5.74) is 2.21. The summed E-state index contributed by atoms with van der Waals surface area (Å²) < 4.78 is 10.1. The monoisotopic (exact) mass is 473 g/mol. The molecule has 0 unspecified atom stereocenters. The molecule has 1 aliphatic rings. The highest BCUT2D eigenvalue weighted by Crippen LogP contribution is 2.29. The number of ether oxygens (including phenoxy) is 2. The smallest absolute Gasteiger partial charge is 0.308 e. The third-order valence-electron chi connectivity index (χ3n) is 6.11. The Balaban J connectivity index is 1.49. The van der Waals surface area contributed by atoms with Gasteiger partial charge in [0, 0.05) is 18.3 Å². The van der Waals surface area contributed by atoms with Crippen molar-refractivity contribution in [2.24, 2.45) is 5.92 Å². The van der Waals surface area contributed by atoms with E-state index in [0.717, 1.165) is 11.1 Å². The van der Waals surface area contributed by atoms with Crippen molar-refractivity contribution >= 4 is 17.8 Å². The second kappa shape index (κ2) is 10.8. The molecule has 3 aromatic rings. The highest BCUT2D eigenvalue weighted by atomic mass is 16.5. The molecule has 2 aromatic carbocycles. The predicted molar refractivity (Wildman–Crippen MR) is 129 cm³/mol. The summed E-state index contributed by atoms with van der Waals surface area (Å²) in [6, 6.07) is 20.3. The van der Waals surface area contributed by atoms with E-state index in [1.54, 1.807) is 0 Å². The highest BCUT2D eigenvalue weighted by Gasteiger charge is 2.36. The maximum absolute atomic E-state index is 13.2. The predicted octanol–water partition coefficient (Wildman–Crippen LogP) is 3.29. The van der Waals surface area contributed by atoms with Gasteiger partial charge in [0.1, 0.15) is 11.4 Å². The summed E-state index contributed by atoms with van der Waals surface area (Å²) in [6.07, 6.45) is 2.39. The van der Waals surface area contributed by atoms with Crippen molar-refractivity contribution in [1.82, 2.24) is 15.6 Å². The van der Waals surface area contributed by atoms with Crippen molar-refractivity contribution in [3.05, 3.63) is 95.3 Å². The number of amides is 2. The molecule has 1 aliphatic carbocycles. The van der Waals surface area contributed by atoms with Gasteiger partial charge in [0.2, 0.25) is 0 Å². The van der Waals surface area contributed by atoms with Crippen LogP contribution in [0.25, 0.3) is 0 Å². The first-order chi connectivity index (χ1) is 17.0. The lowest BCUT2D eigenvalue weighted by Gasteiger charge is -2.33. The van der Waals surface area contributed by atoms with E-state index in [1.807, 2.05) is 60.7 Å². The minimum Gasteiger partial charge on any atom is -0.496 e. The molecule has 1 heterocycles. The molecule has 1 fully saturated rings. The number of benzene rings is 2. The van der Waals surface area contributed by atoms with Crippen molar-refractivity contribution in [1.29, 1.82) is 0 Å². The Kier molecular flexibility index (Phi) is 7.40. The second-order valence-corrected chi connectivity index (χ2v) is 8.36. The summed E-state index contributed by atoms with van der Waals surface area (Å²) in [6.45, 7) is 0. The number of methoxy groups -OCH3 is 2. The summed E-state index contributed by atoms with van der Waals surface area (Å²) in [5.74, 6) is -0.992. The number of nitrogens with zero attached hydrogens (tertiary/aromatic N) is 1. The molecule has 8 heteroatoms. The number of esters is 1. The summed E-state index contributed by atoms with van der Waals surface area (Å²) in [4.78, 5) is 41.6. The van der Waals surface area contributed by atoms with E-state index < -0.39 is 5.91 Å². The summed E-state index contributed by atoms with van der Waals surface area (Å²) in [5, 5.41) is 5.91. The van der Waals surface area contributed by atoms with Crippen LogP contribution in [0.1, 0.15) is 50.9 Å². The van der Waals surface area contributed by atoms with Gasteiger partial charge in [-0.15, -0.1) is 0 Å². The van der Waals surface area contributed by atoms with Crippen molar-refractivity contribution in [2.45, 2.75) is 24.9 Å². The minimum absolute atomic E-state index is 0.125. The fourth-order valence-corrected chi connectivity index (χ4v) is 4.11. The van der Waals surface area contributed by atoms with Crippen LogP contribution in [0.3, 0.4) is 0 Å². The first kappa shape index (κ1) is 23.9. The quantitative estimate of drug-likeness (QED) is 0.486. The standard InChI is InChI=1S/C27H27N3O5/c1-34-23-15-22(26(32)29-20-13-19(14-20)27(33)35-2)28-16-21(23)25(31)30-24(17-9-5-3-6-10-17)18-11-7-4-8-12-18/h3-12,15-16,19-20,24H,13-14H2,1-2H3,(H,29,32)(H,30,31). The molecule has 180 valence electrons. The van der Waals surface area contributed by atoms with Gasteiger partial charge in [0.15, 0.2) is 0 Å². The van der Waals surface area contributed by atoms with Crippen molar-refractivity contribution in [3.63, 3.8) is 0 Å². The molecule has 0 spiro atoms. The maximum Gasteiger partial charge on any atom is 0.308 e. The van der Waals surface area contributed by atoms with E-state index in [-0.39, 0.29) is 46.9 Å². The van der Waals surface area contributed by atoms with Crippen LogP contribution in [0.4, 0.5) is 0 Å². The van der Waals surface area contributed by atoms with Gasteiger partial charge in [0.05, 0.1) is 31.7 Å². The molecule has 1 saturated carbocycles. The van der Waals surface area contributed by atoms with Gasteiger partial charge in [-0.3, -0.25) is 14.4 Å². The van der Waals surface area contributed by atoms with Gasteiger partial charge < -0.3 is 20.1 Å². The molecule has 4 rings (SSSR count). The largest absolute Gasteiger partial charge is 0.496 e. The number of pyridine rings is 1. The normalized spacial score (nSPS) is 16.7. The number of carbonyl (C=O) groups excluding carboxylic acids is 3. The number of hydrogen-bond acceptors (Lipinski definition) is 6. The Bertz CT molecular complexity index is 1150. The van der Waals surface area contributed by atoms with Crippen LogP contribution in [0, 0.1) is 5.92 Å². The molecule has 0 saturated heterocycles. The number of rotatable bonds is 8. The van der Waals surface area contributed by atoms with Crippen LogP contribution in [-0.2, 0) is 9.53 Å². The van der Waals surface area contributed by atoms with E-state index in [9.17, 15) is 14.4 Å². The SMILES string of the molecule is COC(=O)C1CC(NC(=O)c2cc(OC)c(C(=O)NC(c3ccccc3)c3ccccc3)cn2)C1. The van der Waals surface area contributed by atoms with E-state index >= 15 is 0 Å². The Morgan fingerprint density at radius 1 is 0.914 bits per heavy atom. The van der Waals surface area contributed by atoms with Crippen molar-refractivity contribution < 1.29 is 23.9 Å². The third kappa shape index (κ3) is 5.48. The van der Waals surface area contributed by atoms with Gasteiger partial charge in [-0.25, -0.2) is 4.98 Å². The van der Waals surface area contributed by atoms with E-state index in [4.69, 9.17) is 9.47 Å². The van der Waals surface area contributed by atoms with E-state index in [2.05, 4.69) is 15.6 Å². The third-order valence-corrected chi connectivity index (χ3v) is 6.11. The van der Waals surface area contributed by atoms with Gasteiger partial charge in [-0.1, -0.05) is 60.7 Å². The molecule has 2 N–H and O–H groups in total. The lowest BCUT2D eigenvalue weighted by molar-refractivity contribution is -0.149. The van der Waals surface area contributed by atoms with Crippen molar-refractivity contribution in [3.8, 4) is 5.75 Å². The number of aromatic nitrogens is 1. The van der Waals surface area contributed by atoms with Crippen LogP contribution in [0.2, 0.25) is 0 Å². The topological polar surface area (TPSA) is 107 Å². The fourth-order valence-electron chi connectivity index (χ4n) is 4.11. The maximum atomic E-state index is 13.2. The Labute approximate surface area is 203 Å². The molecule has 0 aliphatic heterocycles. The molecular weight excluding hydrogens is 446 g/mol. The van der Waals surface area contributed by atoms with E-state index in [1.165, 1.54) is 26.5 Å². The first-order valence-electron chi connectivity index (χ1n) is 11.3. The Morgan fingerprint density at radius 2 is 1.51 bits per heavy atom. The molecule has 0 radical (unpaired) electrons. The summed E-state index contributed by atoms with van der Waals surface area (Å²) in [7, 11) is 2.79. The Hall–Kier alpha value is -4.20. The zero-order chi connectivity index (χ0) is 24.8. The summed E-state index contributed by atoms with van der Waals surface area (Å²) >= 11 is 0. The molecule has 35 heavy (non-hydrogen) atoms.